The van der Waals surface area contributed by atoms with E-state index in [-0.39, 0.29) is 55.3 Å². The lowest BCUT2D eigenvalue weighted by atomic mass is 9.98. The number of carbonyl (C=O) groups excluding carboxylic acids is 8. The van der Waals surface area contributed by atoms with Gasteiger partial charge < -0.3 is 101 Å². The van der Waals surface area contributed by atoms with E-state index >= 15 is 9.59 Å². The third-order valence-electron chi connectivity index (χ3n) is 17.1. The van der Waals surface area contributed by atoms with Crippen molar-refractivity contribution in [1.29, 1.82) is 0 Å². The maximum Gasteiger partial charge on any atom is 0.407 e. The lowest BCUT2D eigenvalue weighted by molar-refractivity contribution is -0.433. The summed E-state index contributed by atoms with van der Waals surface area (Å²) in [7, 11) is 1.70. The first-order chi connectivity index (χ1) is 48.7. The van der Waals surface area contributed by atoms with Gasteiger partial charge in [0.1, 0.15) is 57.6 Å². The van der Waals surface area contributed by atoms with Gasteiger partial charge >= 0.3 is 6.09 Å². The number of rotatable bonds is 30. The molecule has 8 amide bonds. The number of phenolic OH excluding ortho intramolecular Hbond substituents is 1. The zero-order valence-corrected chi connectivity index (χ0v) is 59.3. The average Bonchev–Trinajstić information content (AvgIpc) is 1.62. The highest BCUT2D eigenvalue weighted by Crippen LogP contribution is 2.34. The van der Waals surface area contributed by atoms with E-state index in [0.29, 0.717) is 47.3 Å². The normalized spacial score (nSPS) is 23.5. The number of phenols is 1. The van der Waals surface area contributed by atoms with Gasteiger partial charge in [-0.25, -0.2) is 10.1 Å². The van der Waals surface area contributed by atoms with Crippen LogP contribution >= 0.6 is 23.7 Å². The molecule has 0 unspecified atom stereocenters. The Hall–Kier alpha value is -7.91. The summed E-state index contributed by atoms with van der Waals surface area (Å²) in [5.74, 6) is -8.72. The molecule has 3 saturated heterocycles. The molecule has 562 valence electrons. The number of carbonyl (C=O) groups is 8. The van der Waals surface area contributed by atoms with Crippen LogP contribution < -0.4 is 46.1 Å². The lowest BCUT2D eigenvalue weighted by Crippen LogP contribution is -2.64. The van der Waals surface area contributed by atoms with Gasteiger partial charge in [-0.3, -0.25) is 33.6 Å². The largest absolute Gasteiger partial charge is 0.504 e. The van der Waals surface area contributed by atoms with Crippen LogP contribution in [-0.2, 0) is 54.0 Å². The van der Waals surface area contributed by atoms with E-state index in [9.17, 15) is 64.5 Å². The Bertz CT molecular complexity index is 3410. The molecule has 3 fully saturated rings. The fourth-order valence-corrected chi connectivity index (χ4v) is 12.9. The molecular weight excluding hydrogens is 1370 g/mol. The summed E-state index contributed by atoms with van der Waals surface area (Å²) in [6.07, 6.45) is -6.72. The van der Waals surface area contributed by atoms with Gasteiger partial charge in [0.05, 0.1) is 43.2 Å². The number of aliphatic hydroxyl groups is 6. The smallest absolute Gasteiger partial charge is 0.407 e. The number of alkyl carbamates (subject to hydrolysis) is 1. The predicted molar refractivity (Wildman–Crippen MR) is 368 cm³/mol. The summed E-state index contributed by atoms with van der Waals surface area (Å²) >= 11 is 1.37. The van der Waals surface area contributed by atoms with Crippen LogP contribution in [0.1, 0.15) is 115 Å². The molecule has 3 aromatic carbocycles. The third-order valence-corrected chi connectivity index (χ3v) is 18.5. The Kier molecular flexibility index (Phi) is 31.6. The molecule has 7 rings (SSSR count). The summed E-state index contributed by atoms with van der Waals surface area (Å²) in [6.45, 7) is 8.20. The van der Waals surface area contributed by atoms with E-state index in [1.54, 1.807) is 40.0 Å². The van der Waals surface area contributed by atoms with Crippen molar-refractivity contribution in [3.63, 3.8) is 0 Å². The van der Waals surface area contributed by atoms with Crippen molar-refractivity contribution in [3.05, 3.63) is 77.9 Å². The first-order valence-corrected chi connectivity index (χ1v) is 35.3. The number of benzene rings is 3. The van der Waals surface area contributed by atoms with Crippen LogP contribution in [0.4, 0.5) is 4.79 Å². The van der Waals surface area contributed by atoms with Crippen LogP contribution in [-0.4, -0.2) is 247 Å². The van der Waals surface area contributed by atoms with Gasteiger partial charge in [0.2, 0.25) is 35.4 Å². The maximum atomic E-state index is 15.1. The minimum absolute atomic E-state index is 0.00649. The van der Waals surface area contributed by atoms with E-state index in [1.807, 2.05) is 24.3 Å². The van der Waals surface area contributed by atoms with Crippen molar-refractivity contribution in [2.24, 2.45) is 5.92 Å². The zero-order valence-electron chi connectivity index (χ0n) is 57.7. The van der Waals surface area contributed by atoms with Crippen molar-refractivity contribution < 1.29 is 107 Å². The number of aromatic nitrogens is 2. The molecule has 3 aliphatic rings. The highest BCUT2D eigenvalue weighted by Gasteiger charge is 2.50. The first kappa shape index (κ1) is 81.4. The second-order valence-corrected chi connectivity index (χ2v) is 27.8. The molecule has 0 aliphatic carbocycles. The van der Waals surface area contributed by atoms with Crippen LogP contribution in [0.5, 0.6) is 17.2 Å². The van der Waals surface area contributed by atoms with E-state index in [1.165, 1.54) is 42.5 Å². The third kappa shape index (κ3) is 24.1. The van der Waals surface area contributed by atoms with Gasteiger partial charge in [0.15, 0.2) is 11.5 Å². The van der Waals surface area contributed by atoms with E-state index < -0.39 is 170 Å². The number of fused-ring (bicyclic) bond motifs is 2. The average molecular weight is 1470 g/mol. The van der Waals surface area contributed by atoms with Crippen molar-refractivity contribution in [1.82, 2.24) is 57.2 Å². The number of aliphatic hydroxyl groups excluding tert-OH is 6. The molecular formula is C67H95N11O22S2. The molecule has 15 N–H and O–H groups in total. The van der Waals surface area contributed by atoms with E-state index in [4.69, 9.17) is 23.7 Å². The predicted octanol–water partition coefficient (Wildman–Crippen LogP) is 1.15. The van der Waals surface area contributed by atoms with Gasteiger partial charge in [-0.05, 0) is 127 Å². The molecule has 35 heteroatoms. The fourth-order valence-electron chi connectivity index (χ4n) is 11.7. The summed E-state index contributed by atoms with van der Waals surface area (Å²) in [4.78, 5) is 117. The summed E-state index contributed by atoms with van der Waals surface area (Å²) in [5.41, 5.74) is 0.807. The molecule has 4 heterocycles. The topological polar surface area (TPSA) is 470 Å². The molecule has 13 atom stereocenters. The van der Waals surface area contributed by atoms with Crippen molar-refractivity contribution in [2.45, 2.75) is 184 Å². The number of ether oxygens (including phenoxy) is 3. The number of β-amino-alcohol motifs (C(OH)–C–C–N with tert-alkyl or cyclic N) is 1. The van der Waals surface area contributed by atoms with E-state index in [2.05, 4.69) is 56.8 Å². The number of unbranched alkanes of at least 4 members (excludes halogenated alkanes) is 5. The van der Waals surface area contributed by atoms with Gasteiger partial charge in [0, 0.05) is 81.8 Å². The van der Waals surface area contributed by atoms with Gasteiger partial charge in [0.25, 0.3) is 18.2 Å². The number of aromatic hydroxyl groups is 1. The van der Waals surface area contributed by atoms with Crippen LogP contribution in [0.15, 0.2) is 66.7 Å². The minimum Gasteiger partial charge on any atom is -0.504 e. The Morgan fingerprint density at radius 1 is 0.725 bits per heavy atom. The van der Waals surface area contributed by atoms with E-state index in [0.717, 1.165) is 67.1 Å². The number of methoxy groups -OCH3 is 1. The highest BCUT2D eigenvalue weighted by atomic mass is 32.2. The van der Waals surface area contributed by atoms with Crippen LogP contribution in [0, 0.1) is 5.92 Å². The van der Waals surface area contributed by atoms with Crippen LogP contribution in [0.2, 0.25) is 0 Å². The molecule has 0 saturated carbocycles. The monoisotopic (exact) mass is 1470 g/mol. The van der Waals surface area contributed by atoms with Gasteiger partial charge in [-0.15, -0.1) is 10.2 Å². The molecule has 1 aromatic heterocycles. The quantitative estimate of drug-likeness (QED) is 0.0151. The number of hydrogen-bond donors (Lipinski definition) is 15. The van der Waals surface area contributed by atoms with Crippen LogP contribution in [0.25, 0.3) is 21.1 Å². The molecule has 3 aliphatic heterocycles. The molecule has 0 radical (unpaired) electrons. The van der Waals surface area contributed by atoms with Crippen LogP contribution in [0.3, 0.4) is 0 Å². The molecule has 0 bridgehead atoms. The lowest BCUT2D eigenvalue weighted by Gasteiger charge is -2.34. The van der Waals surface area contributed by atoms with Gasteiger partial charge in [-0.2, -0.15) is 0 Å². The standard InChI is InChI=1S/C67H95N11O22S2/c1-37-35-78-55(56(37)85)61(90)70-34-43(80)32-46(71-57(86)40-15-17-41(18-16-40)62-75-76-63(101-62)42-19-21-45(22-20-42)96-29-13-9-7-8-12-28-95-6)58(87)72-52(38(2)79)64(91)77-36-44(81)33-47(77)59(88)73-53(50(84)30-39-14-23-48(82)51(31-39)98-102-100-99-94)60(89)74-54(65(78)92)49(83)24-27-68-25-10-11-26-69-66(93)97-67(3,4)5/h14-23,31,37-38,43-44,46-47,49-50,52-56,68,79-85,94H,7-13,24-30,32-36H2,1-6H3,(H,69,93)(H,70,90)(H,71,86)(H,72,87)(H,73,88)(H,74,89)/t37-,38+,43+,44+,46+,47+,49-,50-,52+,53+,54+,55+,56+/m1/s1. The zero-order chi connectivity index (χ0) is 74.2. The molecule has 0 spiro atoms. The number of nitrogens with one attached hydrogen (secondary N) is 7. The Balaban J connectivity index is 1.15. The Morgan fingerprint density at radius 3 is 2.03 bits per heavy atom. The Labute approximate surface area is 598 Å². The fraction of sp³-hybridized carbons (Fsp3) is 0.582. The number of amides is 8. The number of nitrogens with zero attached hydrogens (tertiary/aromatic N) is 4. The first-order valence-electron chi connectivity index (χ1n) is 33.8. The second kappa shape index (κ2) is 39.7. The maximum absolute atomic E-state index is 15.1. The molecule has 33 nitrogen and oxygen atoms in total. The van der Waals surface area contributed by atoms with Crippen molar-refractivity contribution in [2.75, 3.05) is 59.6 Å². The number of hydrogen-bond acceptors (Lipinski definition) is 27. The highest BCUT2D eigenvalue weighted by molar-refractivity contribution is 7.90. The molecule has 4 aromatic rings. The van der Waals surface area contributed by atoms with Crippen molar-refractivity contribution >= 4 is 71.1 Å². The summed E-state index contributed by atoms with van der Waals surface area (Å²) < 4.78 is 25.7. The minimum atomic E-state index is -2.14. The molecule has 102 heavy (non-hydrogen) atoms. The summed E-state index contributed by atoms with van der Waals surface area (Å²) in [5, 5.41) is 120. The second-order valence-electron chi connectivity index (χ2n) is 26.4. The van der Waals surface area contributed by atoms with Gasteiger partial charge in [-0.1, -0.05) is 65.1 Å². The Morgan fingerprint density at radius 2 is 1.36 bits per heavy atom. The summed E-state index contributed by atoms with van der Waals surface area (Å²) in [6, 6.07) is 5.86. The SMILES string of the molecule is COCCCCCCCOc1ccc(-c2nnc(-c3ccc(C(=O)N[C@H]4C[C@H](O)CNC(=O)[C@@H]5[C@@H](O)[C@H](C)CN5C(=O)[C@H]([C@H](O)CCNCCCCNC(=O)OC(C)(C)C)NC(=O)[C@H]([C@H](O)Cc5ccc(O)c(OSOOO)c5)NC(=O)[C@@H]5C[C@H](O)CN5C(=O)[C@H]([C@H](C)O)NC4=O)cc3)s2)cc1. The van der Waals surface area contributed by atoms with Crippen molar-refractivity contribution in [3.8, 4) is 38.4 Å².